The van der Waals surface area contributed by atoms with Crippen LogP contribution in [-0.4, -0.2) is 46.9 Å². The van der Waals surface area contributed by atoms with Gasteiger partial charge in [-0.25, -0.2) is 4.79 Å². The Balaban J connectivity index is 1.77. The Morgan fingerprint density at radius 1 is 1.05 bits per heavy atom. The maximum atomic E-state index is 13.2. The number of nitrogens with zero attached hydrogens (tertiary/aromatic N) is 1. The van der Waals surface area contributed by atoms with Crippen LogP contribution in [0.3, 0.4) is 0 Å². The summed E-state index contributed by atoms with van der Waals surface area (Å²) < 4.78 is 43.7. The Morgan fingerprint density at radius 2 is 1.66 bits per heavy atom. The summed E-state index contributed by atoms with van der Waals surface area (Å²) in [4.78, 5) is 27.9. The van der Waals surface area contributed by atoms with Crippen molar-refractivity contribution in [1.82, 2.24) is 9.55 Å². The van der Waals surface area contributed by atoms with Crippen LogP contribution in [0.4, 0.5) is 0 Å². The first kappa shape index (κ1) is 28.7. The summed E-state index contributed by atoms with van der Waals surface area (Å²) in [6, 6.07) is 9.09. The van der Waals surface area contributed by atoms with Crippen LogP contribution in [0.25, 0.3) is 11.3 Å². The van der Waals surface area contributed by atoms with Crippen molar-refractivity contribution in [2.45, 2.75) is 84.2 Å². The SMILES string of the molecule is CCOP(=O)(/C=C/[C@H]1O[C@@H](n2c(-c3ccc(C(C)(C)C)cc3)cc(=O)[nH]c2=O)[C@@H]2OC(C)(C)O[C@@H]21)OCC. The number of ether oxygens (including phenoxy) is 3. The van der Waals surface area contributed by atoms with Crippen molar-refractivity contribution in [3.8, 4) is 11.3 Å². The Bertz CT molecular complexity index is 1330. The Labute approximate surface area is 222 Å². The normalized spacial score (nSPS) is 25.2. The molecule has 208 valence electrons. The van der Waals surface area contributed by atoms with Crippen molar-refractivity contribution in [1.29, 1.82) is 0 Å². The average Bonchev–Trinajstić information content (AvgIpc) is 3.30. The lowest BCUT2D eigenvalue weighted by atomic mass is 9.86. The molecule has 1 aromatic carbocycles. The van der Waals surface area contributed by atoms with E-state index in [1.54, 1.807) is 33.8 Å². The standard InChI is InChI=1S/C27H37N2O8P/c1-8-33-38(32,34-9-2)15-14-20-22-23(37-27(6,7)36-22)24(35-20)29-19(16-21(30)28-25(29)31)17-10-12-18(13-11-17)26(3,4)5/h10-16,20,22-24H,8-9H2,1-7H3,(H,28,30,31)/b15-14+/t20-,22-,23-,24-/m1/s1. The number of H-pyrrole nitrogens is 1. The first-order valence-corrected chi connectivity index (χ1v) is 14.4. The minimum Gasteiger partial charge on any atom is -0.345 e. The summed E-state index contributed by atoms with van der Waals surface area (Å²) >= 11 is 0. The van der Waals surface area contributed by atoms with E-state index in [-0.39, 0.29) is 18.6 Å². The Morgan fingerprint density at radius 3 is 2.24 bits per heavy atom. The summed E-state index contributed by atoms with van der Waals surface area (Å²) in [7, 11) is -3.50. The fraction of sp³-hybridized carbons (Fsp3) is 0.556. The van der Waals surface area contributed by atoms with Crippen LogP contribution in [0.5, 0.6) is 0 Å². The van der Waals surface area contributed by atoms with Gasteiger partial charge in [0.05, 0.1) is 18.9 Å². The molecule has 11 heteroatoms. The zero-order valence-corrected chi connectivity index (χ0v) is 23.8. The molecular formula is C27H37N2O8P. The first-order chi connectivity index (χ1) is 17.8. The van der Waals surface area contributed by atoms with Crippen LogP contribution in [-0.2, 0) is 33.2 Å². The molecule has 2 fully saturated rings. The molecule has 4 rings (SSSR count). The van der Waals surface area contributed by atoms with Crippen molar-refractivity contribution in [2.75, 3.05) is 13.2 Å². The van der Waals surface area contributed by atoms with Gasteiger partial charge in [0.1, 0.15) is 18.3 Å². The van der Waals surface area contributed by atoms with Crippen LogP contribution in [0.1, 0.15) is 60.3 Å². The minimum absolute atomic E-state index is 0.0588. The lowest BCUT2D eigenvalue weighted by Crippen LogP contribution is -2.38. The average molecular weight is 549 g/mol. The molecule has 2 aromatic rings. The molecule has 3 heterocycles. The third-order valence-corrected chi connectivity index (χ3v) is 8.19. The van der Waals surface area contributed by atoms with E-state index in [4.69, 9.17) is 23.3 Å². The summed E-state index contributed by atoms with van der Waals surface area (Å²) in [6.45, 7) is 13.8. The van der Waals surface area contributed by atoms with E-state index in [1.165, 1.54) is 16.5 Å². The molecule has 0 bridgehead atoms. The molecule has 4 atom stereocenters. The zero-order chi connectivity index (χ0) is 27.9. The van der Waals surface area contributed by atoms with Crippen LogP contribution >= 0.6 is 7.60 Å². The second-order valence-electron chi connectivity index (χ2n) is 10.8. The maximum absolute atomic E-state index is 13.2. The third kappa shape index (κ3) is 5.96. The number of nitrogens with one attached hydrogen (secondary N) is 1. The minimum atomic E-state index is -3.50. The molecule has 0 aliphatic carbocycles. The highest BCUT2D eigenvalue weighted by Crippen LogP contribution is 2.51. The van der Waals surface area contributed by atoms with Gasteiger partial charge in [0, 0.05) is 11.9 Å². The molecule has 0 radical (unpaired) electrons. The second kappa shape index (κ2) is 10.7. The molecule has 2 aliphatic rings. The van der Waals surface area contributed by atoms with Crippen molar-refractivity contribution >= 4 is 7.60 Å². The van der Waals surface area contributed by atoms with Gasteiger partial charge in [-0.3, -0.25) is 18.9 Å². The second-order valence-corrected chi connectivity index (χ2v) is 12.7. The molecule has 0 spiro atoms. The first-order valence-electron chi connectivity index (χ1n) is 12.8. The van der Waals surface area contributed by atoms with Gasteiger partial charge < -0.3 is 23.3 Å². The quantitative estimate of drug-likeness (QED) is 0.472. The number of aromatic nitrogens is 2. The number of aromatic amines is 1. The fourth-order valence-electron chi connectivity index (χ4n) is 4.76. The largest absolute Gasteiger partial charge is 0.353 e. The number of rotatable bonds is 8. The highest BCUT2D eigenvalue weighted by molar-refractivity contribution is 7.57. The van der Waals surface area contributed by atoms with Crippen molar-refractivity contribution in [3.63, 3.8) is 0 Å². The van der Waals surface area contributed by atoms with E-state index < -0.39 is 49.2 Å². The van der Waals surface area contributed by atoms with E-state index in [9.17, 15) is 14.2 Å². The Kier molecular flexibility index (Phi) is 8.06. The van der Waals surface area contributed by atoms with E-state index >= 15 is 0 Å². The number of hydrogen-bond donors (Lipinski definition) is 1. The third-order valence-electron chi connectivity index (χ3n) is 6.42. The van der Waals surface area contributed by atoms with E-state index in [0.717, 1.165) is 5.56 Å². The number of benzene rings is 1. The van der Waals surface area contributed by atoms with Gasteiger partial charge in [0.2, 0.25) is 0 Å². The lowest BCUT2D eigenvalue weighted by Gasteiger charge is -2.26. The topological polar surface area (TPSA) is 118 Å². The maximum Gasteiger partial charge on any atom is 0.353 e. The number of hydrogen-bond acceptors (Lipinski definition) is 8. The Hall–Kier alpha value is -2.33. The molecule has 0 unspecified atom stereocenters. The molecule has 0 amide bonds. The van der Waals surface area contributed by atoms with Crippen molar-refractivity contribution in [3.05, 3.63) is 68.6 Å². The van der Waals surface area contributed by atoms with Crippen LogP contribution in [0.2, 0.25) is 0 Å². The van der Waals surface area contributed by atoms with Gasteiger partial charge in [-0.2, -0.15) is 0 Å². The lowest BCUT2D eigenvalue weighted by molar-refractivity contribution is -0.191. The van der Waals surface area contributed by atoms with Crippen LogP contribution < -0.4 is 11.2 Å². The molecule has 38 heavy (non-hydrogen) atoms. The summed E-state index contributed by atoms with van der Waals surface area (Å²) in [5.41, 5.74) is 0.959. The molecule has 1 aromatic heterocycles. The van der Waals surface area contributed by atoms with Gasteiger partial charge in [-0.1, -0.05) is 45.0 Å². The van der Waals surface area contributed by atoms with Gasteiger partial charge in [0.15, 0.2) is 12.0 Å². The van der Waals surface area contributed by atoms with Crippen LogP contribution in [0.15, 0.2) is 51.8 Å². The smallest absolute Gasteiger partial charge is 0.345 e. The van der Waals surface area contributed by atoms with Gasteiger partial charge in [-0.05, 0) is 50.3 Å². The number of fused-ring (bicyclic) bond motifs is 1. The summed E-state index contributed by atoms with van der Waals surface area (Å²) in [5.74, 6) is 0.411. The molecule has 0 saturated carbocycles. The van der Waals surface area contributed by atoms with Crippen molar-refractivity contribution in [2.24, 2.45) is 0 Å². The highest BCUT2D eigenvalue weighted by Gasteiger charge is 2.56. The van der Waals surface area contributed by atoms with Gasteiger partial charge >= 0.3 is 13.3 Å². The predicted octanol–water partition coefficient (Wildman–Crippen LogP) is 4.70. The van der Waals surface area contributed by atoms with E-state index in [1.807, 2.05) is 24.3 Å². The van der Waals surface area contributed by atoms with Gasteiger partial charge in [0.25, 0.3) is 5.56 Å². The zero-order valence-electron chi connectivity index (χ0n) is 22.9. The van der Waals surface area contributed by atoms with Crippen LogP contribution in [0, 0.1) is 0 Å². The summed E-state index contributed by atoms with van der Waals surface area (Å²) in [6.07, 6.45) is -1.39. The van der Waals surface area contributed by atoms with Crippen molar-refractivity contribution < 1.29 is 27.8 Å². The predicted molar refractivity (Wildman–Crippen MR) is 143 cm³/mol. The molecule has 10 nitrogen and oxygen atoms in total. The van der Waals surface area contributed by atoms with Gasteiger partial charge in [-0.15, -0.1) is 0 Å². The molecule has 2 aliphatic heterocycles. The monoisotopic (exact) mass is 548 g/mol. The fourth-order valence-corrected chi connectivity index (χ4v) is 6.11. The molecule has 1 N–H and O–H groups in total. The molecule has 2 saturated heterocycles. The highest BCUT2D eigenvalue weighted by atomic mass is 31.2. The van der Waals surface area contributed by atoms with E-state index in [2.05, 4.69) is 25.8 Å². The molecular weight excluding hydrogens is 511 g/mol. The summed E-state index contributed by atoms with van der Waals surface area (Å²) in [5, 5.41) is 0. The van der Waals surface area contributed by atoms with E-state index in [0.29, 0.717) is 11.3 Å².